The lowest BCUT2D eigenvalue weighted by molar-refractivity contribution is 0.0692. The molecule has 0 spiro atoms. The van der Waals surface area contributed by atoms with Crippen LogP contribution >= 0.6 is 0 Å². The monoisotopic (exact) mass is 437 g/mol. The van der Waals surface area contributed by atoms with Gasteiger partial charge in [0.2, 0.25) is 0 Å². The van der Waals surface area contributed by atoms with E-state index in [0.717, 1.165) is 35.2 Å². The topological polar surface area (TPSA) is 78.8 Å². The molecule has 0 aliphatic carbocycles. The third kappa shape index (κ3) is 6.64. The van der Waals surface area contributed by atoms with Gasteiger partial charge in [-0.2, -0.15) is 0 Å². The van der Waals surface area contributed by atoms with E-state index in [1.54, 1.807) is 12.1 Å². The Hall–Kier alpha value is -3.22. The molecule has 3 N–H and O–H groups in total. The van der Waals surface area contributed by atoms with Gasteiger partial charge >= 0.3 is 5.97 Å². The minimum absolute atomic E-state index is 0.0630. The second kappa shape index (κ2) is 12.0. The number of carbonyl (C=O) groups is 1. The fraction of sp³-hybridized carbons (Fsp3) is 0.269. The van der Waals surface area contributed by atoms with Crippen LogP contribution in [0.5, 0.6) is 5.75 Å². The average Bonchev–Trinajstić information content (AvgIpc) is 2.82. The molecular weight excluding hydrogens is 409 g/mol. The Bertz CT molecular complexity index is 992. The van der Waals surface area contributed by atoms with Crippen LogP contribution in [0.2, 0.25) is 0 Å². The minimum Gasteiger partial charge on any atom is -0.493 e. The van der Waals surface area contributed by atoms with E-state index in [4.69, 9.17) is 4.74 Å². The molecule has 0 saturated carbocycles. The normalized spacial score (nSPS) is 11.8. The van der Waals surface area contributed by atoms with Crippen molar-refractivity contribution in [3.8, 4) is 16.9 Å². The van der Waals surface area contributed by atoms with Crippen molar-refractivity contribution in [2.75, 3.05) is 26.4 Å². The molecule has 0 amide bonds. The Morgan fingerprint density at radius 1 is 1.00 bits per heavy atom. The zero-order chi connectivity index (χ0) is 22.8. The summed E-state index contributed by atoms with van der Waals surface area (Å²) in [5.74, 6) is -0.833. The molecule has 0 unspecified atom stereocenters. The molecule has 0 saturated heterocycles. The minimum atomic E-state index is -1.08. The van der Waals surface area contributed by atoms with Crippen LogP contribution in [0.1, 0.15) is 34.0 Å². The molecule has 0 radical (unpaired) electrons. The van der Waals surface area contributed by atoms with E-state index >= 15 is 0 Å². The lowest BCUT2D eigenvalue weighted by Crippen LogP contribution is -2.23. The van der Waals surface area contributed by atoms with E-state index in [0.29, 0.717) is 6.54 Å². The van der Waals surface area contributed by atoms with Crippen LogP contribution in [0.4, 0.5) is 4.39 Å². The van der Waals surface area contributed by atoms with E-state index in [2.05, 4.69) is 5.32 Å². The van der Waals surface area contributed by atoms with Gasteiger partial charge in [0.1, 0.15) is 11.3 Å². The molecular formula is C26H28FNO4. The van der Waals surface area contributed by atoms with Gasteiger partial charge in [-0.25, -0.2) is 4.79 Å². The lowest BCUT2D eigenvalue weighted by atomic mass is 10.0. The summed E-state index contributed by atoms with van der Waals surface area (Å²) in [7, 11) is 0. The molecule has 0 heterocycles. The number of aliphatic hydroxyl groups is 1. The van der Waals surface area contributed by atoms with Crippen LogP contribution in [-0.4, -0.2) is 42.6 Å². The van der Waals surface area contributed by atoms with Crippen molar-refractivity contribution in [2.24, 2.45) is 0 Å². The molecule has 0 fully saturated rings. The molecule has 0 aliphatic heterocycles. The number of hydrogen-bond acceptors (Lipinski definition) is 4. The Balaban J connectivity index is 1.56. The Morgan fingerprint density at radius 3 is 2.41 bits per heavy atom. The Labute approximate surface area is 187 Å². The summed E-state index contributed by atoms with van der Waals surface area (Å²) in [5.41, 5.74) is 3.88. The highest BCUT2D eigenvalue weighted by molar-refractivity contribution is 5.92. The van der Waals surface area contributed by atoms with E-state index in [9.17, 15) is 19.4 Å². The molecule has 3 rings (SSSR count). The maximum Gasteiger partial charge on any atom is 0.339 e. The summed E-state index contributed by atoms with van der Waals surface area (Å²) < 4.78 is 17.8. The maximum absolute atomic E-state index is 12.4. The number of ether oxygens (including phenoxy) is 1. The summed E-state index contributed by atoms with van der Waals surface area (Å²) in [6.07, 6.45) is 0.500. The second-order valence-corrected chi connectivity index (χ2v) is 7.48. The first-order valence-electron chi connectivity index (χ1n) is 10.7. The van der Waals surface area contributed by atoms with Gasteiger partial charge in [0.25, 0.3) is 0 Å². The number of carboxylic acids is 1. The SMILES string of the molecule is O=C(O)c1ccc(-c2ccc(CCNC[C@H](O)c3ccccc3)cc2)cc1OCCCF. The molecule has 0 aliphatic rings. The molecule has 0 bridgehead atoms. The maximum atomic E-state index is 12.4. The highest BCUT2D eigenvalue weighted by atomic mass is 19.1. The Morgan fingerprint density at radius 2 is 1.72 bits per heavy atom. The third-order valence-electron chi connectivity index (χ3n) is 5.15. The van der Waals surface area contributed by atoms with Crippen LogP contribution in [0.25, 0.3) is 11.1 Å². The van der Waals surface area contributed by atoms with Crippen LogP contribution in [0.15, 0.2) is 72.8 Å². The van der Waals surface area contributed by atoms with E-state index in [1.165, 1.54) is 6.07 Å². The number of carboxylic acid groups (broad SMARTS) is 1. The lowest BCUT2D eigenvalue weighted by Gasteiger charge is -2.13. The first-order chi connectivity index (χ1) is 15.6. The number of nitrogens with one attached hydrogen (secondary N) is 1. The molecule has 3 aromatic carbocycles. The highest BCUT2D eigenvalue weighted by Crippen LogP contribution is 2.28. The fourth-order valence-electron chi connectivity index (χ4n) is 3.36. The largest absolute Gasteiger partial charge is 0.493 e. The van der Waals surface area contributed by atoms with Gasteiger partial charge in [-0.15, -0.1) is 0 Å². The molecule has 0 aromatic heterocycles. The zero-order valence-corrected chi connectivity index (χ0v) is 17.8. The Kier molecular flexibility index (Phi) is 8.78. The smallest absolute Gasteiger partial charge is 0.339 e. The van der Waals surface area contributed by atoms with Crippen molar-refractivity contribution in [2.45, 2.75) is 18.9 Å². The van der Waals surface area contributed by atoms with E-state index in [1.807, 2.05) is 54.6 Å². The van der Waals surface area contributed by atoms with Crippen molar-refractivity contribution in [3.63, 3.8) is 0 Å². The average molecular weight is 438 g/mol. The van der Waals surface area contributed by atoms with Crippen molar-refractivity contribution >= 4 is 5.97 Å². The van der Waals surface area contributed by atoms with Gasteiger partial charge in [-0.1, -0.05) is 60.7 Å². The van der Waals surface area contributed by atoms with Crippen molar-refractivity contribution in [1.82, 2.24) is 5.32 Å². The molecule has 1 atom stereocenters. The van der Waals surface area contributed by atoms with Gasteiger partial charge in [0, 0.05) is 13.0 Å². The fourth-order valence-corrected chi connectivity index (χ4v) is 3.36. The summed E-state index contributed by atoms with van der Waals surface area (Å²) in [6.45, 7) is 0.848. The number of aromatic carboxylic acids is 1. The predicted octanol–water partition coefficient (Wildman–Crippen LogP) is 4.66. The predicted molar refractivity (Wildman–Crippen MR) is 123 cm³/mol. The van der Waals surface area contributed by atoms with Gasteiger partial charge in [-0.05, 0) is 47.4 Å². The first-order valence-corrected chi connectivity index (χ1v) is 10.7. The van der Waals surface area contributed by atoms with Gasteiger partial charge in [0.05, 0.1) is 19.4 Å². The van der Waals surface area contributed by atoms with E-state index in [-0.39, 0.29) is 24.3 Å². The summed E-state index contributed by atoms with van der Waals surface area (Å²) in [5, 5.41) is 22.8. The molecule has 5 nitrogen and oxygen atoms in total. The number of hydrogen-bond donors (Lipinski definition) is 3. The first kappa shape index (κ1) is 23.4. The molecule has 32 heavy (non-hydrogen) atoms. The molecule has 168 valence electrons. The number of alkyl halides is 1. The number of rotatable bonds is 12. The molecule has 6 heteroatoms. The standard InChI is InChI=1S/C26H28FNO4/c27-14-4-16-32-25-17-22(11-12-23(25)26(30)31)20-9-7-19(8-10-20)13-15-28-18-24(29)21-5-2-1-3-6-21/h1-3,5-12,17,24,28-29H,4,13-16,18H2,(H,30,31)/t24-/m0/s1. The van der Waals surface area contributed by atoms with Crippen LogP contribution in [0.3, 0.4) is 0 Å². The summed E-state index contributed by atoms with van der Waals surface area (Å²) in [6, 6.07) is 22.5. The summed E-state index contributed by atoms with van der Waals surface area (Å²) >= 11 is 0. The number of benzene rings is 3. The third-order valence-corrected chi connectivity index (χ3v) is 5.15. The molecule has 3 aromatic rings. The van der Waals surface area contributed by atoms with Crippen LogP contribution in [-0.2, 0) is 6.42 Å². The van der Waals surface area contributed by atoms with Crippen LogP contribution < -0.4 is 10.1 Å². The van der Waals surface area contributed by atoms with Gasteiger partial charge in [-0.3, -0.25) is 4.39 Å². The van der Waals surface area contributed by atoms with Crippen molar-refractivity contribution < 1.29 is 24.1 Å². The second-order valence-electron chi connectivity index (χ2n) is 7.48. The van der Waals surface area contributed by atoms with Crippen molar-refractivity contribution in [1.29, 1.82) is 0 Å². The van der Waals surface area contributed by atoms with E-state index < -0.39 is 18.7 Å². The summed E-state index contributed by atoms with van der Waals surface area (Å²) in [4.78, 5) is 11.4. The van der Waals surface area contributed by atoms with Crippen molar-refractivity contribution in [3.05, 3.63) is 89.5 Å². The van der Waals surface area contributed by atoms with Crippen LogP contribution in [0, 0.1) is 0 Å². The number of aliphatic hydroxyl groups excluding tert-OH is 1. The quantitative estimate of drug-likeness (QED) is 0.359. The van der Waals surface area contributed by atoms with Gasteiger partial charge in [0.15, 0.2) is 0 Å². The van der Waals surface area contributed by atoms with Gasteiger partial charge < -0.3 is 20.3 Å². The highest BCUT2D eigenvalue weighted by Gasteiger charge is 2.13. The zero-order valence-electron chi connectivity index (χ0n) is 17.8. The number of halogens is 1.